The number of nitrogens with zero attached hydrogens (tertiary/aromatic N) is 7. The van der Waals surface area contributed by atoms with Gasteiger partial charge in [-0.2, -0.15) is 9.97 Å². The lowest BCUT2D eigenvalue weighted by Gasteiger charge is -2.48. The molecule has 3 aliphatic heterocycles. The minimum atomic E-state index is -1.30. The maximum Gasteiger partial charge on any atom is 0.326 e. The average molecular weight is 937 g/mol. The lowest BCUT2D eigenvalue weighted by Crippen LogP contribution is -2.59. The normalized spacial score (nSPS) is 20.7. The first-order valence-corrected chi connectivity index (χ1v) is 22.1. The summed E-state index contributed by atoms with van der Waals surface area (Å²) in [5.74, 6) is -3.16. The molecule has 2 bridgehead atoms. The molecule has 7 heterocycles. The number of carboxylic acid groups (broad SMARTS) is 2. The zero-order valence-corrected chi connectivity index (χ0v) is 37.8. The summed E-state index contributed by atoms with van der Waals surface area (Å²) < 4.78 is 17.7. The van der Waals surface area contributed by atoms with Crippen LogP contribution in [0.3, 0.4) is 0 Å². The van der Waals surface area contributed by atoms with Gasteiger partial charge < -0.3 is 66.2 Å². The van der Waals surface area contributed by atoms with E-state index in [1.54, 1.807) is 25.4 Å². The summed E-state index contributed by atoms with van der Waals surface area (Å²) in [6.45, 7) is 2.46. The number of methoxy groups -OCH3 is 1. The molecule has 1 fully saturated rings. The van der Waals surface area contributed by atoms with Gasteiger partial charge in [-0.1, -0.05) is 36.4 Å². The predicted octanol–water partition coefficient (Wildman–Crippen LogP) is 4.11. The number of hydrogen-bond donors (Lipinski definition) is 8. The number of carbonyl (C=O) groups excluding carboxylic acids is 2. The topological polar surface area (TPSA) is 300 Å². The lowest BCUT2D eigenvalue weighted by atomic mass is 9.93. The van der Waals surface area contributed by atoms with Gasteiger partial charge in [0.2, 0.25) is 5.95 Å². The van der Waals surface area contributed by atoms with Crippen molar-refractivity contribution in [3.63, 3.8) is 0 Å². The summed E-state index contributed by atoms with van der Waals surface area (Å²) >= 11 is 0. The van der Waals surface area contributed by atoms with Gasteiger partial charge in [-0.25, -0.2) is 14.8 Å². The number of fused-ring (bicyclic) bond motifs is 14. The molecule has 4 aromatic heterocycles. The summed E-state index contributed by atoms with van der Waals surface area (Å²) in [5, 5.41) is 41.4. The van der Waals surface area contributed by atoms with E-state index in [9.17, 15) is 29.4 Å². The Morgan fingerprint density at radius 2 is 1.68 bits per heavy atom. The largest absolute Gasteiger partial charge is 0.481 e. The van der Waals surface area contributed by atoms with Crippen LogP contribution in [-0.4, -0.2) is 108 Å². The minimum absolute atomic E-state index is 0.0138. The maximum atomic E-state index is 13.4. The van der Waals surface area contributed by atoms with Gasteiger partial charge >= 0.3 is 11.9 Å². The highest BCUT2D eigenvalue weighted by Crippen LogP contribution is 2.54. The number of aromatic nitrogens is 6. The second kappa shape index (κ2) is 17.0. The molecule has 69 heavy (non-hydrogen) atoms. The predicted molar refractivity (Wildman–Crippen MR) is 255 cm³/mol. The Morgan fingerprint density at radius 1 is 0.986 bits per heavy atom. The molecule has 0 aliphatic carbocycles. The Labute approximate surface area is 392 Å². The molecule has 2 amide bonds. The number of aliphatic carboxylic acids is 2. The van der Waals surface area contributed by atoms with Gasteiger partial charge in [0.05, 0.1) is 46.1 Å². The van der Waals surface area contributed by atoms with Crippen molar-refractivity contribution in [3.05, 3.63) is 101 Å². The molecule has 0 spiro atoms. The van der Waals surface area contributed by atoms with E-state index in [4.69, 9.17) is 26.0 Å². The van der Waals surface area contributed by atoms with E-state index >= 15 is 0 Å². The summed E-state index contributed by atoms with van der Waals surface area (Å²) in [4.78, 5) is 66.1. The first-order chi connectivity index (χ1) is 33.1. The van der Waals surface area contributed by atoms with E-state index in [1.807, 2.05) is 43.3 Å². The van der Waals surface area contributed by atoms with Gasteiger partial charge in [0, 0.05) is 71.4 Å². The number of carbonyl (C=O) groups is 4. The standard InChI is InChI=1S/C28H26N4O4.C20H22N8O5/c1-28-25(35-3)15(29-2)12-18(36-28)31-16-10-6-4-8-13(16)19-21-22(27(34)30-26(21)33)20-14-9-5-7-11-17(14)32(28)24(20)23(19)31;1-28(9-11-8-23-17-15(24-11)16(21)26-20(22)27-17)12-4-2-10(3-5-12)18(31)25-13(19(32)33)6-7-14(29)30/h4-11,15,18,25,27,29,34H,12H2,1-3H3,(H,30,33);2-5,8,13H,6-7,9H2,1H3,(H,25,31)(H,29,30)(H,32,33)(H4,21,22,23,26,27)/t15-,18-,25-,27-,28+;13-/m10/s1. The molecule has 1 saturated heterocycles. The van der Waals surface area contributed by atoms with E-state index in [0.29, 0.717) is 41.0 Å². The van der Waals surface area contributed by atoms with Crippen LogP contribution in [0.1, 0.15) is 70.6 Å². The fourth-order valence-electron chi connectivity index (χ4n) is 10.4. The molecule has 10 N–H and O–H groups in total. The van der Waals surface area contributed by atoms with E-state index in [-0.39, 0.29) is 54.5 Å². The summed E-state index contributed by atoms with van der Waals surface area (Å²) in [5.41, 5.74) is 17.9. The van der Waals surface area contributed by atoms with Crippen LogP contribution in [0.2, 0.25) is 0 Å². The van der Waals surface area contributed by atoms with E-state index < -0.39 is 35.8 Å². The van der Waals surface area contributed by atoms with Crippen molar-refractivity contribution < 1.29 is 44.0 Å². The molecular weight excluding hydrogens is 889 g/mol. The van der Waals surface area contributed by atoms with Crippen LogP contribution >= 0.6 is 0 Å². The van der Waals surface area contributed by atoms with Crippen molar-refractivity contribution in [2.75, 3.05) is 37.6 Å². The zero-order valence-electron chi connectivity index (χ0n) is 37.8. The number of aliphatic hydroxyl groups is 1. The molecule has 6 atom stereocenters. The van der Waals surface area contributed by atoms with Crippen LogP contribution in [0.4, 0.5) is 17.5 Å². The number of anilines is 3. The first-order valence-electron chi connectivity index (χ1n) is 22.1. The van der Waals surface area contributed by atoms with E-state index in [0.717, 1.165) is 49.3 Å². The number of hydrogen-bond acceptors (Lipinski definition) is 15. The van der Waals surface area contributed by atoms with Crippen LogP contribution in [0.25, 0.3) is 54.8 Å². The van der Waals surface area contributed by atoms with Gasteiger partial charge in [0.15, 0.2) is 28.9 Å². The number of nitrogens with two attached hydrogens (primary N) is 2. The Hall–Kier alpha value is -7.98. The van der Waals surface area contributed by atoms with Gasteiger partial charge in [-0.3, -0.25) is 14.4 Å². The van der Waals surface area contributed by atoms with Gasteiger partial charge in [0.25, 0.3) is 11.8 Å². The number of para-hydroxylation sites is 2. The molecular formula is C48H48N12O9. The molecule has 8 aromatic rings. The number of likely N-dealkylation sites (N-methyl/N-ethyl adjacent to an activating group) is 1. The first kappa shape index (κ1) is 44.8. The summed E-state index contributed by atoms with van der Waals surface area (Å²) in [7, 11) is 5.51. The van der Waals surface area contributed by atoms with Crippen LogP contribution in [0.15, 0.2) is 79.0 Å². The number of rotatable bonds is 11. The molecule has 0 unspecified atom stereocenters. The van der Waals surface area contributed by atoms with Crippen LogP contribution in [-0.2, 0) is 31.3 Å². The molecule has 354 valence electrons. The molecule has 3 aliphatic rings. The maximum absolute atomic E-state index is 13.4. The SMILES string of the molecule is CN(Cc1cnc2nc(N)nc(N)c2n1)c1ccc(C(=O)N[C@@H](CCC(=O)O)C(=O)O)cc1.CN[C@@H]1C[C@H]2O[C@@](C)([C@@H]1OC)n1c3ccccc3c3c4c(c5c6ccccc6n2c5c31)C(=O)N[C@@H]4O. The molecule has 21 nitrogen and oxygen atoms in total. The minimum Gasteiger partial charge on any atom is -0.481 e. The number of nitrogen functional groups attached to an aromatic ring is 2. The summed E-state index contributed by atoms with van der Waals surface area (Å²) in [6, 6.07) is 21.5. The Balaban J connectivity index is 0.000000161. The smallest absolute Gasteiger partial charge is 0.326 e. The number of aliphatic hydroxyl groups excluding tert-OH is 1. The zero-order chi connectivity index (χ0) is 48.6. The van der Waals surface area contributed by atoms with Crippen molar-refractivity contribution in [1.29, 1.82) is 0 Å². The van der Waals surface area contributed by atoms with Crippen molar-refractivity contribution in [2.45, 2.75) is 69.1 Å². The van der Waals surface area contributed by atoms with Gasteiger partial charge in [-0.15, -0.1) is 0 Å². The summed E-state index contributed by atoms with van der Waals surface area (Å²) in [6.07, 6.45) is 0.0234. The van der Waals surface area contributed by atoms with Crippen LogP contribution < -0.4 is 32.3 Å². The number of carboxylic acids is 2. The highest BCUT2D eigenvalue weighted by Gasteiger charge is 2.53. The lowest BCUT2D eigenvalue weighted by molar-refractivity contribution is -0.256. The number of ether oxygens (including phenoxy) is 2. The molecule has 11 rings (SSSR count). The fourth-order valence-corrected chi connectivity index (χ4v) is 10.4. The molecule has 0 radical (unpaired) electrons. The monoisotopic (exact) mass is 936 g/mol. The average Bonchev–Trinajstić information content (AvgIpc) is 3.94. The second-order valence-corrected chi connectivity index (χ2v) is 17.5. The Kier molecular flexibility index (Phi) is 11.0. The third-order valence-corrected chi connectivity index (χ3v) is 13.4. The number of nitrogens with one attached hydrogen (secondary N) is 3. The Bertz CT molecular complexity index is 3430. The highest BCUT2D eigenvalue weighted by molar-refractivity contribution is 6.31. The van der Waals surface area contributed by atoms with E-state index in [1.165, 1.54) is 12.1 Å². The van der Waals surface area contributed by atoms with Crippen molar-refractivity contribution >= 4 is 96.0 Å². The highest BCUT2D eigenvalue weighted by atomic mass is 16.6. The molecule has 0 saturated carbocycles. The van der Waals surface area contributed by atoms with Crippen LogP contribution in [0, 0.1) is 0 Å². The van der Waals surface area contributed by atoms with Crippen molar-refractivity contribution in [3.8, 4) is 0 Å². The fraction of sp³-hybridized carbons (Fsp3) is 0.292. The Morgan fingerprint density at radius 3 is 2.36 bits per heavy atom. The third-order valence-electron chi connectivity index (χ3n) is 13.4. The quantitative estimate of drug-likeness (QED) is 0.0905. The van der Waals surface area contributed by atoms with Crippen molar-refractivity contribution in [1.82, 2.24) is 45.0 Å². The number of benzene rings is 4. The van der Waals surface area contributed by atoms with Crippen LogP contribution in [0.5, 0.6) is 0 Å². The third kappa shape index (κ3) is 7.24. The molecule has 21 heteroatoms. The van der Waals surface area contributed by atoms with E-state index in [2.05, 4.69) is 76.2 Å². The van der Waals surface area contributed by atoms with Gasteiger partial charge in [-0.05, 0) is 56.8 Å². The van der Waals surface area contributed by atoms with Gasteiger partial charge in [0.1, 0.15) is 18.4 Å². The molecule has 4 aromatic carbocycles. The van der Waals surface area contributed by atoms with Crippen molar-refractivity contribution in [2.24, 2.45) is 0 Å². The second-order valence-electron chi connectivity index (χ2n) is 17.5. The number of amides is 2.